The van der Waals surface area contributed by atoms with E-state index in [1.807, 2.05) is 6.92 Å². The van der Waals surface area contributed by atoms with Gasteiger partial charge in [0.25, 0.3) is 0 Å². The third-order valence-electron chi connectivity index (χ3n) is 8.75. The van der Waals surface area contributed by atoms with Gasteiger partial charge in [-0.3, -0.25) is 4.79 Å². The topological polar surface area (TPSA) is 87.0 Å². The Morgan fingerprint density at radius 1 is 1.29 bits per heavy atom. The molecule has 0 aromatic carbocycles. The molecule has 0 unspecified atom stereocenters. The van der Waals surface area contributed by atoms with Crippen molar-refractivity contribution in [1.29, 1.82) is 0 Å². The molecule has 0 heterocycles. The smallest absolute Gasteiger partial charge is 0.303 e. The number of hydrogen-bond acceptors (Lipinski definition) is 5. The van der Waals surface area contributed by atoms with Gasteiger partial charge in [0.15, 0.2) is 0 Å². The van der Waals surface area contributed by atoms with Gasteiger partial charge < -0.3 is 20.1 Å². The minimum atomic E-state index is -1.17. The van der Waals surface area contributed by atoms with Crippen molar-refractivity contribution >= 4 is 5.97 Å². The molecule has 0 aliphatic heterocycles. The first-order valence-corrected chi connectivity index (χ1v) is 10.5. The number of rotatable bonds is 1. The maximum Gasteiger partial charge on any atom is 0.303 e. The molecule has 154 valence electrons. The van der Waals surface area contributed by atoms with E-state index >= 15 is 0 Å². The molecular weight excluding hydrogens is 356 g/mol. The second-order valence-corrected chi connectivity index (χ2v) is 10.0. The average molecular weight is 389 g/mol. The Morgan fingerprint density at radius 3 is 2.64 bits per heavy atom. The van der Waals surface area contributed by atoms with Gasteiger partial charge in [0, 0.05) is 18.8 Å². The van der Waals surface area contributed by atoms with Crippen LogP contribution in [0.15, 0.2) is 11.6 Å². The lowest BCUT2D eigenvalue weighted by Gasteiger charge is -2.60. The normalized spacial score (nSPS) is 52.5. The van der Waals surface area contributed by atoms with E-state index in [4.69, 9.17) is 11.2 Å². The average Bonchev–Trinajstić information content (AvgIpc) is 2.86. The number of fused-ring (bicyclic) bond motifs is 5. The number of carbonyl (C=O) groups is 1. The Kier molecular flexibility index (Phi) is 4.50. The van der Waals surface area contributed by atoms with Gasteiger partial charge in [-0.25, -0.2) is 0 Å². The van der Waals surface area contributed by atoms with Crippen molar-refractivity contribution in [3.8, 4) is 12.3 Å². The maximum absolute atomic E-state index is 11.4. The summed E-state index contributed by atoms with van der Waals surface area (Å²) in [7, 11) is 0. The summed E-state index contributed by atoms with van der Waals surface area (Å²) in [5.41, 5.74) is -0.812. The highest BCUT2D eigenvalue weighted by Crippen LogP contribution is 2.67. The number of ether oxygens (including phenoxy) is 1. The highest BCUT2D eigenvalue weighted by Gasteiger charge is 2.66. The Labute approximate surface area is 167 Å². The van der Waals surface area contributed by atoms with Crippen molar-refractivity contribution in [2.24, 2.45) is 28.6 Å². The minimum absolute atomic E-state index is 0.0126. The van der Waals surface area contributed by atoms with Gasteiger partial charge >= 0.3 is 5.97 Å². The quantitative estimate of drug-likeness (QED) is 0.364. The molecule has 3 fully saturated rings. The van der Waals surface area contributed by atoms with Gasteiger partial charge in [0.05, 0.1) is 12.2 Å². The number of hydrogen-bond donors (Lipinski definition) is 3. The van der Waals surface area contributed by atoms with Crippen LogP contribution in [0, 0.1) is 40.9 Å². The van der Waals surface area contributed by atoms with Gasteiger partial charge in [-0.15, -0.1) is 6.42 Å². The van der Waals surface area contributed by atoms with Gasteiger partial charge in [-0.2, -0.15) is 0 Å². The standard InChI is InChI=1S/C23H32O5/c1-5-23(27)9-8-16-15-7-6-14-10-19(28-13(2)24)17(25)11-21(14,3)20(15)18(26)12-22(16,23)4/h1,6,15-20,25-27H,7-12H2,2-4H3/t15-,16-,17+,18+,19-,20+,21-,22-,23-/m0/s1. The SMILES string of the molecule is C#C[C@]1(O)CC[C@H]2[C@@H]3CC=C4C[C@H](OC(C)=O)[C@H](O)C[C@]4(C)[C@H]3[C@H](O)C[C@@]21C. The monoisotopic (exact) mass is 388 g/mol. The second-order valence-electron chi connectivity index (χ2n) is 10.0. The van der Waals surface area contributed by atoms with E-state index in [1.165, 1.54) is 12.5 Å². The third-order valence-corrected chi connectivity index (χ3v) is 8.75. The van der Waals surface area contributed by atoms with Crippen molar-refractivity contribution in [2.75, 3.05) is 0 Å². The molecule has 28 heavy (non-hydrogen) atoms. The number of aliphatic hydroxyl groups excluding tert-OH is 2. The maximum atomic E-state index is 11.4. The molecule has 3 saturated carbocycles. The van der Waals surface area contributed by atoms with E-state index in [0.29, 0.717) is 25.7 Å². The molecular formula is C23H32O5. The number of terminal acetylenes is 1. The zero-order valence-electron chi connectivity index (χ0n) is 17.0. The minimum Gasteiger partial charge on any atom is -0.459 e. The first-order valence-electron chi connectivity index (χ1n) is 10.5. The molecule has 0 radical (unpaired) electrons. The molecule has 5 heteroatoms. The van der Waals surface area contributed by atoms with Crippen LogP contribution in [-0.2, 0) is 9.53 Å². The fraction of sp³-hybridized carbons (Fsp3) is 0.783. The summed E-state index contributed by atoms with van der Waals surface area (Å²) in [6.45, 7) is 5.54. The molecule has 5 nitrogen and oxygen atoms in total. The van der Waals surface area contributed by atoms with Crippen LogP contribution in [-0.4, -0.2) is 45.2 Å². The molecule has 0 saturated heterocycles. The fourth-order valence-electron chi connectivity index (χ4n) is 7.39. The molecule has 4 aliphatic rings. The zero-order valence-corrected chi connectivity index (χ0v) is 17.0. The van der Waals surface area contributed by atoms with Crippen LogP contribution in [0.1, 0.15) is 59.3 Å². The van der Waals surface area contributed by atoms with E-state index < -0.39 is 29.3 Å². The summed E-state index contributed by atoms with van der Waals surface area (Å²) < 4.78 is 5.34. The van der Waals surface area contributed by atoms with Crippen LogP contribution in [0.2, 0.25) is 0 Å². The third kappa shape index (κ3) is 2.54. The Balaban J connectivity index is 1.69. The Bertz CT molecular complexity index is 753. The summed E-state index contributed by atoms with van der Waals surface area (Å²) in [5, 5.41) is 33.0. The molecule has 0 bridgehead atoms. The zero-order chi connectivity index (χ0) is 20.5. The predicted octanol–water partition coefficient (Wildman–Crippen LogP) is 2.19. The van der Waals surface area contributed by atoms with E-state index in [0.717, 1.165) is 12.8 Å². The van der Waals surface area contributed by atoms with Crippen molar-refractivity contribution < 1.29 is 24.9 Å². The van der Waals surface area contributed by atoms with Crippen molar-refractivity contribution in [3.05, 3.63) is 11.6 Å². The lowest BCUT2D eigenvalue weighted by atomic mass is 9.46. The molecule has 0 amide bonds. The van der Waals surface area contributed by atoms with Crippen LogP contribution in [0.5, 0.6) is 0 Å². The molecule has 4 rings (SSSR count). The van der Waals surface area contributed by atoms with Crippen molar-refractivity contribution in [3.63, 3.8) is 0 Å². The molecule has 4 aliphatic carbocycles. The number of carbonyl (C=O) groups excluding carboxylic acids is 1. The highest BCUT2D eigenvalue weighted by atomic mass is 16.6. The van der Waals surface area contributed by atoms with Crippen LogP contribution >= 0.6 is 0 Å². The second kappa shape index (κ2) is 6.32. The highest BCUT2D eigenvalue weighted by molar-refractivity contribution is 5.66. The lowest BCUT2D eigenvalue weighted by molar-refractivity contribution is -0.171. The summed E-state index contributed by atoms with van der Waals surface area (Å²) in [4.78, 5) is 11.4. The van der Waals surface area contributed by atoms with E-state index in [2.05, 4.69) is 18.9 Å². The first-order chi connectivity index (χ1) is 13.1. The summed E-state index contributed by atoms with van der Waals surface area (Å²) in [5.74, 6) is 2.74. The van der Waals surface area contributed by atoms with Gasteiger partial charge in [0.1, 0.15) is 11.7 Å². The van der Waals surface area contributed by atoms with Crippen molar-refractivity contribution in [2.45, 2.75) is 83.2 Å². The van der Waals surface area contributed by atoms with Gasteiger partial charge in [-0.05, 0) is 55.3 Å². The fourth-order valence-corrected chi connectivity index (χ4v) is 7.39. The molecule has 0 aromatic heterocycles. The van der Waals surface area contributed by atoms with Crippen molar-refractivity contribution in [1.82, 2.24) is 0 Å². The first kappa shape index (κ1) is 19.9. The van der Waals surface area contributed by atoms with Crippen LogP contribution < -0.4 is 0 Å². The van der Waals surface area contributed by atoms with Crippen LogP contribution in [0.25, 0.3) is 0 Å². The predicted molar refractivity (Wildman–Crippen MR) is 104 cm³/mol. The Hall–Kier alpha value is -1.35. The Morgan fingerprint density at radius 2 is 2.00 bits per heavy atom. The summed E-state index contributed by atoms with van der Waals surface area (Å²) in [6.07, 6.45) is 9.83. The molecule has 3 N–H and O–H groups in total. The molecule has 0 spiro atoms. The van der Waals surface area contributed by atoms with E-state index in [1.54, 1.807) is 0 Å². The number of esters is 1. The van der Waals surface area contributed by atoms with Gasteiger partial charge in [-0.1, -0.05) is 31.4 Å². The number of aliphatic hydroxyl groups is 3. The molecule has 9 atom stereocenters. The van der Waals surface area contributed by atoms with Crippen LogP contribution in [0.3, 0.4) is 0 Å². The lowest BCUT2D eigenvalue weighted by Crippen LogP contribution is -2.60. The molecule has 0 aromatic rings. The van der Waals surface area contributed by atoms with Gasteiger partial charge in [0.2, 0.25) is 0 Å². The van der Waals surface area contributed by atoms with E-state index in [-0.39, 0.29) is 29.1 Å². The number of allylic oxidation sites excluding steroid dienone is 1. The summed E-state index contributed by atoms with van der Waals surface area (Å²) >= 11 is 0. The van der Waals surface area contributed by atoms with Crippen LogP contribution in [0.4, 0.5) is 0 Å². The summed E-state index contributed by atoms with van der Waals surface area (Å²) in [6, 6.07) is 0. The van der Waals surface area contributed by atoms with E-state index in [9.17, 15) is 20.1 Å². The largest absolute Gasteiger partial charge is 0.459 e.